The number of ether oxygens (including phenoxy) is 4. The third kappa shape index (κ3) is 13.4. The van der Waals surface area contributed by atoms with Gasteiger partial charge in [-0.3, -0.25) is 37.4 Å². The quantitative estimate of drug-likeness (QED) is 0.0212. The average Bonchev–Trinajstić information content (AvgIpc) is 0.668. The van der Waals surface area contributed by atoms with Crippen molar-refractivity contribution in [1.29, 1.82) is 0 Å². The number of hydrogen-bond donors (Lipinski definition) is 4. The van der Waals surface area contributed by atoms with Crippen molar-refractivity contribution in [2.24, 2.45) is 0 Å². The predicted octanol–water partition coefficient (Wildman–Crippen LogP) is 20.5. The summed E-state index contributed by atoms with van der Waals surface area (Å²) >= 11 is 0. The van der Waals surface area contributed by atoms with E-state index in [4.69, 9.17) is 18.9 Å². The minimum Gasteiger partial charge on any atom is -0.456 e. The van der Waals surface area contributed by atoms with Crippen molar-refractivity contribution < 1.29 is 90.0 Å². The third-order valence-electron chi connectivity index (χ3n) is 20.5. The number of hydrogen-bond acceptors (Lipinski definition) is 16. The minimum absolute atomic E-state index is 0.0294. The van der Waals surface area contributed by atoms with Crippen molar-refractivity contribution in [3.8, 4) is 46.0 Å². The summed E-state index contributed by atoms with van der Waals surface area (Å²) in [6.45, 7) is 29.2. The molecule has 0 aromatic heterocycles. The summed E-state index contributed by atoms with van der Waals surface area (Å²) in [7, 11) is -19.5. The van der Waals surface area contributed by atoms with E-state index in [1.54, 1.807) is 55.4 Å². The second kappa shape index (κ2) is 28.0. The van der Waals surface area contributed by atoms with Gasteiger partial charge in [0.2, 0.25) is 0 Å². The number of anilines is 2. The van der Waals surface area contributed by atoms with Crippen molar-refractivity contribution in [3.05, 3.63) is 200 Å². The van der Waals surface area contributed by atoms with Crippen LogP contribution in [0, 0.1) is 0 Å². The van der Waals surface area contributed by atoms with Gasteiger partial charge >= 0.3 is 0 Å². The number of benzene rings is 11. The molecular formula is C84H82N2O20S4. The fourth-order valence-electron chi connectivity index (χ4n) is 15.2. The number of carbonyl (C=O) groups is 4. The van der Waals surface area contributed by atoms with Crippen LogP contribution < -0.4 is 28.7 Å². The Morgan fingerprint density at radius 1 is 0.245 bits per heavy atom. The van der Waals surface area contributed by atoms with Gasteiger partial charge < -0.3 is 18.9 Å². The second-order valence-corrected chi connectivity index (χ2v) is 36.2. The number of nitrogens with zero attached hydrogens (tertiary/aromatic N) is 2. The summed E-state index contributed by atoms with van der Waals surface area (Å²) in [6, 6.07) is 31.3. The lowest BCUT2D eigenvalue weighted by molar-refractivity contribution is 0.0877. The number of carbonyl (C=O) groups excluding carboxylic acids is 4. The maximum atomic E-state index is 16.8. The zero-order valence-corrected chi connectivity index (χ0v) is 66.4. The van der Waals surface area contributed by atoms with Gasteiger partial charge in [-0.05, 0) is 189 Å². The molecule has 2 aliphatic heterocycles. The van der Waals surface area contributed by atoms with Crippen molar-refractivity contribution in [2.75, 3.05) is 9.80 Å². The van der Waals surface area contributed by atoms with E-state index in [-0.39, 0.29) is 169 Å². The SMILES string of the molecule is CC(C)c1cc(S(=O)(=O)O)ccc1Oc1cc2c3c(cc(Oc4ccc(S(=O)(=O)O)cc4C(C)C)c4c5c(Oc6ccc(S(=O)(=O)O)cc6C(C)C)cc6c7c(cc(Oc8ccc(S(=O)(=O)O)cc8C(C)C)c(c1c34)c75)C(=O)N(c1c(C(C)C)cccc1C(C)C)C6=O)C(=O)N(c1c(C(C)C)cccc1C(C)C)C2=O. The standard InChI is InChI=1S/C84H82N2O20S4/c1-39(2)51-19-17-20-52(40(3)4)79(51)85-81(87)59-35-67(103-63-27-23-47(107(91,92)93)31-55(63)43(9)10)73-75-69(105-65-29-25-49(109(97,98)99)33-57(65)45(13)14)37-61-72-62(84(90)86(83(61)89)80-53(41(5)6)21-18-22-54(80)42(7)8)38-70(106-66-30-26-50(110(100,101)102)34-58(66)46(15)16)76(78(72)75)74-68(36-60(82(85)88)71(59)77(73)74)104-64-28-24-48(108(94,95)96)32-56(64)44(11)12/h17-46H,1-16H3,(H,91,92,93)(H,94,95,96)(H,97,98,99)(H,100,101,102). The van der Waals surface area contributed by atoms with Crippen LogP contribution >= 0.6 is 0 Å². The highest BCUT2D eigenvalue weighted by atomic mass is 32.2. The van der Waals surface area contributed by atoms with E-state index >= 15 is 19.2 Å². The van der Waals surface area contributed by atoms with Gasteiger partial charge in [0.05, 0.1) is 53.2 Å². The lowest BCUT2D eigenvalue weighted by Crippen LogP contribution is -2.42. The number of rotatable bonds is 22. The minimum atomic E-state index is -4.88. The molecule has 110 heavy (non-hydrogen) atoms. The van der Waals surface area contributed by atoms with Crippen molar-refractivity contribution in [2.45, 2.75) is 178 Å². The molecule has 11 aromatic carbocycles. The van der Waals surface area contributed by atoms with E-state index in [9.17, 15) is 51.9 Å². The van der Waals surface area contributed by atoms with Crippen LogP contribution in [-0.4, -0.2) is 75.5 Å². The maximum absolute atomic E-state index is 16.8. The molecule has 4 N–H and O–H groups in total. The van der Waals surface area contributed by atoms with E-state index in [1.807, 2.05) is 91.8 Å². The molecule has 0 radical (unpaired) electrons. The molecule has 26 heteroatoms. The number of amides is 4. The highest BCUT2D eigenvalue weighted by Crippen LogP contribution is 2.60. The van der Waals surface area contributed by atoms with Crippen molar-refractivity contribution in [3.63, 3.8) is 0 Å². The Labute approximate surface area is 638 Å². The van der Waals surface area contributed by atoms with E-state index in [0.29, 0.717) is 22.3 Å². The Morgan fingerprint density at radius 2 is 0.436 bits per heavy atom. The molecule has 22 nitrogen and oxygen atoms in total. The molecule has 0 aliphatic carbocycles. The summed E-state index contributed by atoms with van der Waals surface area (Å²) in [5.41, 5.74) is 3.22. The molecule has 0 unspecified atom stereocenters. The largest absolute Gasteiger partial charge is 0.456 e. The molecule has 0 atom stereocenters. The fourth-order valence-corrected chi connectivity index (χ4v) is 17.2. The Bertz CT molecular complexity index is 5560. The van der Waals surface area contributed by atoms with E-state index in [1.165, 1.54) is 72.8 Å². The van der Waals surface area contributed by atoms with E-state index in [0.717, 1.165) is 34.1 Å². The molecule has 2 aliphatic rings. The van der Waals surface area contributed by atoms with Gasteiger partial charge in [0, 0.05) is 43.1 Å². The van der Waals surface area contributed by atoms with Crippen LogP contribution in [0.15, 0.2) is 153 Å². The van der Waals surface area contributed by atoms with Gasteiger partial charge in [-0.2, -0.15) is 33.7 Å². The number of imide groups is 2. The van der Waals surface area contributed by atoms with Crippen molar-refractivity contribution in [1.82, 2.24) is 0 Å². The molecule has 11 aromatic rings. The molecule has 0 bridgehead atoms. The first-order chi connectivity index (χ1) is 51.4. The van der Waals surface area contributed by atoms with Crippen LogP contribution in [0.4, 0.5) is 11.4 Å². The van der Waals surface area contributed by atoms with Gasteiger partial charge in [-0.15, -0.1) is 0 Å². The summed E-state index contributed by atoms with van der Waals surface area (Å²) in [5, 5.41) is -0.306. The summed E-state index contributed by atoms with van der Waals surface area (Å²) < 4.78 is 176. The first kappa shape index (κ1) is 78.0. The molecule has 0 fully saturated rings. The van der Waals surface area contributed by atoms with Crippen LogP contribution in [0.2, 0.25) is 0 Å². The fraction of sp³-hybridized carbons (Fsp3) is 0.286. The van der Waals surface area contributed by atoms with Gasteiger partial charge in [0.25, 0.3) is 64.1 Å². The van der Waals surface area contributed by atoms with E-state index in [2.05, 4.69) is 0 Å². The Morgan fingerprint density at radius 3 is 0.609 bits per heavy atom. The maximum Gasteiger partial charge on any atom is 0.294 e. The van der Waals surface area contributed by atoms with Crippen LogP contribution in [0.1, 0.15) is 244 Å². The summed E-state index contributed by atoms with van der Waals surface area (Å²) in [5.74, 6) is -8.01. The lowest BCUT2D eigenvalue weighted by atomic mass is 9.80. The highest BCUT2D eigenvalue weighted by molar-refractivity contribution is 7.86. The van der Waals surface area contributed by atoms with Crippen LogP contribution in [0.25, 0.3) is 43.1 Å². The Balaban J connectivity index is 1.34. The lowest BCUT2D eigenvalue weighted by Gasteiger charge is -2.35. The normalized spacial score (nSPS) is 13.9. The van der Waals surface area contributed by atoms with Crippen molar-refractivity contribution >= 4 is 119 Å². The first-order valence-electron chi connectivity index (χ1n) is 36.0. The monoisotopic (exact) mass is 1570 g/mol. The van der Waals surface area contributed by atoms with Crippen LogP contribution in [-0.2, 0) is 40.5 Å². The predicted molar refractivity (Wildman–Crippen MR) is 421 cm³/mol. The third-order valence-corrected chi connectivity index (χ3v) is 23.9. The van der Waals surface area contributed by atoms with Gasteiger partial charge in [0.1, 0.15) is 46.0 Å². The topological polar surface area (TPSA) is 329 Å². The average molecular weight is 1570 g/mol. The Kier molecular flexibility index (Phi) is 19.8. The molecule has 2 heterocycles. The zero-order valence-electron chi connectivity index (χ0n) is 63.2. The molecular weight excluding hydrogens is 1490 g/mol. The van der Waals surface area contributed by atoms with Gasteiger partial charge in [-0.25, -0.2) is 9.80 Å². The zero-order chi connectivity index (χ0) is 80.1. The van der Waals surface area contributed by atoms with Gasteiger partial charge in [-0.1, -0.05) is 147 Å². The number of fused-ring (bicyclic) bond motifs is 2. The summed E-state index contributed by atoms with van der Waals surface area (Å²) in [6.07, 6.45) is 0. The van der Waals surface area contributed by atoms with E-state index < -0.39 is 107 Å². The number of para-hydroxylation sites is 2. The molecule has 0 saturated heterocycles. The molecule has 0 saturated carbocycles. The Hall–Kier alpha value is -10.2. The molecule has 13 rings (SSSR count). The van der Waals surface area contributed by atoms with Crippen LogP contribution in [0.3, 0.4) is 0 Å². The molecule has 4 amide bonds. The van der Waals surface area contributed by atoms with Crippen LogP contribution in [0.5, 0.6) is 46.0 Å². The smallest absolute Gasteiger partial charge is 0.294 e. The highest BCUT2D eigenvalue weighted by Gasteiger charge is 2.45. The molecule has 0 spiro atoms. The first-order valence-corrected chi connectivity index (χ1v) is 41.7. The second-order valence-electron chi connectivity index (χ2n) is 30.5. The van der Waals surface area contributed by atoms with Gasteiger partial charge in [0.15, 0.2) is 0 Å². The molecule has 572 valence electrons. The summed E-state index contributed by atoms with van der Waals surface area (Å²) in [4.78, 5) is 67.3.